The van der Waals surface area contributed by atoms with Crippen molar-refractivity contribution in [2.75, 3.05) is 7.05 Å². The number of amides is 2. The van der Waals surface area contributed by atoms with E-state index in [-0.39, 0.29) is 11.8 Å². The molecule has 138 valence electrons. The summed E-state index contributed by atoms with van der Waals surface area (Å²) in [6.45, 7) is 2.72. The monoisotopic (exact) mass is 362 g/mol. The Labute approximate surface area is 158 Å². The van der Waals surface area contributed by atoms with Crippen LogP contribution in [-0.4, -0.2) is 23.8 Å². The molecule has 0 aliphatic heterocycles. The zero-order valence-electron chi connectivity index (χ0n) is 15.4. The van der Waals surface area contributed by atoms with Gasteiger partial charge in [0.05, 0.1) is 12.8 Å². The maximum Gasteiger partial charge on any atom is 0.254 e. The lowest BCUT2D eigenvalue weighted by Crippen LogP contribution is -2.30. The summed E-state index contributed by atoms with van der Waals surface area (Å²) in [5.41, 5.74) is 3.13. The molecule has 1 heterocycles. The van der Waals surface area contributed by atoms with Crippen LogP contribution in [0.25, 0.3) is 0 Å². The Kier molecular flexibility index (Phi) is 5.71. The van der Waals surface area contributed by atoms with Crippen molar-refractivity contribution in [2.45, 2.75) is 20.0 Å². The third kappa shape index (κ3) is 4.44. The number of aryl methyl sites for hydroxylation is 1. The molecule has 0 aliphatic carbocycles. The molecule has 0 saturated carbocycles. The maximum absolute atomic E-state index is 13.1. The van der Waals surface area contributed by atoms with Gasteiger partial charge in [-0.15, -0.1) is 0 Å². The highest BCUT2D eigenvalue weighted by molar-refractivity contribution is 5.95. The fraction of sp³-hybridized carbons (Fsp3) is 0.182. The highest BCUT2D eigenvalue weighted by Crippen LogP contribution is 2.17. The number of furan rings is 1. The van der Waals surface area contributed by atoms with Gasteiger partial charge in [-0.05, 0) is 48.4 Å². The van der Waals surface area contributed by atoms with Crippen molar-refractivity contribution >= 4 is 11.8 Å². The fourth-order valence-corrected chi connectivity index (χ4v) is 2.90. The number of benzene rings is 2. The lowest BCUT2D eigenvalue weighted by atomic mass is 10.1. The fourth-order valence-electron chi connectivity index (χ4n) is 2.90. The first-order chi connectivity index (χ1) is 13.1. The molecule has 0 atom stereocenters. The highest BCUT2D eigenvalue weighted by Gasteiger charge is 2.19. The van der Waals surface area contributed by atoms with Crippen molar-refractivity contribution in [2.24, 2.45) is 0 Å². The summed E-state index contributed by atoms with van der Waals surface area (Å²) >= 11 is 0. The SMILES string of the molecule is CNC(=O)c1ccc(CN(Cc2ccco2)C(=O)c2ccccc2C)cc1. The van der Waals surface area contributed by atoms with E-state index in [1.807, 2.05) is 55.5 Å². The third-order valence-electron chi connectivity index (χ3n) is 4.41. The quantitative estimate of drug-likeness (QED) is 0.726. The number of hydrogen-bond acceptors (Lipinski definition) is 3. The molecule has 5 heteroatoms. The molecule has 1 aromatic heterocycles. The van der Waals surface area contributed by atoms with Gasteiger partial charge < -0.3 is 14.6 Å². The van der Waals surface area contributed by atoms with Crippen LogP contribution in [0.4, 0.5) is 0 Å². The molecular formula is C22H22N2O3. The van der Waals surface area contributed by atoms with Gasteiger partial charge in [0, 0.05) is 24.7 Å². The van der Waals surface area contributed by atoms with Gasteiger partial charge >= 0.3 is 0 Å². The van der Waals surface area contributed by atoms with E-state index in [2.05, 4.69) is 5.32 Å². The van der Waals surface area contributed by atoms with Crippen molar-refractivity contribution < 1.29 is 14.0 Å². The van der Waals surface area contributed by atoms with E-state index >= 15 is 0 Å². The molecule has 0 bridgehead atoms. The van der Waals surface area contributed by atoms with Crippen LogP contribution in [0.1, 0.15) is 37.6 Å². The Morgan fingerprint density at radius 2 is 1.70 bits per heavy atom. The second kappa shape index (κ2) is 8.36. The first-order valence-electron chi connectivity index (χ1n) is 8.77. The molecule has 2 aromatic carbocycles. The zero-order valence-corrected chi connectivity index (χ0v) is 15.4. The summed E-state index contributed by atoms with van der Waals surface area (Å²) in [5, 5.41) is 2.60. The van der Waals surface area contributed by atoms with Crippen LogP contribution in [0.3, 0.4) is 0 Å². The highest BCUT2D eigenvalue weighted by atomic mass is 16.3. The van der Waals surface area contributed by atoms with Gasteiger partial charge in [-0.25, -0.2) is 0 Å². The summed E-state index contributed by atoms with van der Waals surface area (Å²) in [7, 11) is 1.60. The molecule has 2 amide bonds. The number of rotatable bonds is 6. The number of carbonyl (C=O) groups is 2. The van der Waals surface area contributed by atoms with E-state index < -0.39 is 0 Å². The largest absolute Gasteiger partial charge is 0.467 e. The molecule has 0 radical (unpaired) electrons. The van der Waals surface area contributed by atoms with E-state index in [0.29, 0.717) is 24.2 Å². The summed E-state index contributed by atoms with van der Waals surface area (Å²) in [4.78, 5) is 26.6. The van der Waals surface area contributed by atoms with Gasteiger partial charge in [-0.3, -0.25) is 9.59 Å². The average Bonchev–Trinajstić information content (AvgIpc) is 3.20. The van der Waals surface area contributed by atoms with Gasteiger partial charge in [-0.2, -0.15) is 0 Å². The van der Waals surface area contributed by atoms with Crippen molar-refractivity contribution in [1.29, 1.82) is 0 Å². The minimum absolute atomic E-state index is 0.0557. The second-order valence-electron chi connectivity index (χ2n) is 6.33. The standard InChI is InChI=1S/C22H22N2O3/c1-16-6-3-4-8-20(16)22(26)24(15-19-7-5-13-27-19)14-17-9-11-18(12-10-17)21(25)23-2/h3-13H,14-15H2,1-2H3,(H,23,25). The molecule has 0 fully saturated rings. The van der Waals surface area contributed by atoms with Crippen LogP contribution in [0.2, 0.25) is 0 Å². The summed E-state index contributed by atoms with van der Waals surface area (Å²) in [5.74, 6) is 0.531. The Balaban J connectivity index is 1.85. The summed E-state index contributed by atoms with van der Waals surface area (Å²) in [6, 6.07) is 18.5. The molecule has 0 unspecified atom stereocenters. The van der Waals surface area contributed by atoms with Gasteiger partial charge in [0.15, 0.2) is 0 Å². The molecule has 3 rings (SSSR count). The van der Waals surface area contributed by atoms with Crippen molar-refractivity contribution in [1.82, 2.24) is 10.2 Å². The molecule has 27 heavy (non-hydrogen) atoms. The molecule has 3 aromatic rings. The summed E-state index contributed by atoms with van der Waals surface area (Å²) < 4.78 is 5.44. The predicted octanol–water partition coefficient (Wildman–Crippen LogP) is 3.79. The van der Waals surface area contributed by atoms with Gasteiger partial charge in [0.1, 0.15) is 5.76 Å². The van der Waals surface area contributed by atoms with E-state index in [0.717, 1.165) is 16.9 Å². The number of hydrogen-bond donors (Lipinski definition) is 1. The predicted molar refractivity (Wildman–Crippen MR) is 103 cm³/mol. The van der Waals surface area contributed by atoms with E-state index in [4.69, 9.17) is 4.42 Å². The number of carbonyl (C=O) groups excluding carboxylic acids is 2. The zero-order chi connectivity index (χ0) is 19.2. The third-order valence-corrected chi connectivity index (χ3v) is 4.41. The smallest absolute Gasteiger partial charge is 0.254 e. The number of nitrogens with zero attached hydrogens (tertiary/aromatic N) is 1. The van der Waals surface area contributed by atoms with Crippen LogP contribution in [0.15, 0.2) is 71.3 Å². The molecule has 0 saturated heterocycles. The molecule has 0 aliphatic rings. The van der Waals surface area contributed by atoms with Gasteiger partial charge in [-0.1, -0.05) is 30.3 Å². The van der Waals surface area contributed by atoms with Crippen molar-refractivity contribution in [3.8, 4) is 0 Å². The van der Waals surface area contributed by atoms with E-state index in [1.54, 1.807) is 30.3 Å². The lowest BCUT2D eigenvalue weighted by Gasteiger charge is -2.23. The van der Waals surface area contributed by atoms with Crippen LogP contribution in [-0.2, 0) is 13.1 Å². The Hall–Kier alpha value is -3.34. The maximum atomic E-state index is 13.1. The Morgan fingerprint density at radius 3 is 2.33 bits per heavy atom. The lowest BCUT2D eigenvalue weighted by molar-refractivity contribution is 0.0716. The normalized spacial score (nSPS) is 10.4. The van der Waals surface area contributed by atoms with E-state index in [9.17, 15) is 9.59 Å². The van der Waals surface area contributed by atoms with Crippen molar-refractivity contribution in [3.05, 3.63) is 94.9 Å². The first kappa shape index (κ1) is 18.5. The summed E-state index contributed by atoms with van der Waals surface area (Å²) in [6.07, 6.45) is 1.60. The van der Waals surface area contributed by atoms with Gasteiger partial charge in [0.2, 0.25) is 0 Å². The molecular weight excluding hydrogens is 340 g/mol. The van der Waals surface area contributed by atoms with Crippen LogP contribution in [0, 0.1) is 6.92 Å². The first-order valence-corrected chi connectivity index (χ1v) is 8.77. The topological polar surface area (TPSA) is 62.6 Å². The van der Waals surface area contributed by atoms with Crippen LogP contribution in [0.5, 0.6) is 0 Å². The van der Waals surface area contributed by atoms with Crippen LogP contribution < -0.4 is 5.32 Å². The molecule has 1 N–H and O–H groups in total. The minimum Gasteiger partial charge on any atom is -0.467 e. The van der Waals surface area contributed by atoms with Crippen LogP contribution >= 0.6 is 0 Å². The van der Waals surface area contributed by atoms with Crippen molar-refractivity contribution in [3.63, 3.8) is 0 Å². The Morgan fingerprint density at radius 1 is 0.963 bits per heavy atom. The minimum atomic E-state index is -0.134. The molecule has 0 spiro atoms. The Bertz CT molecular complexity index is 915. The van der Waals surface area contributed by atoms with Gasteiger partial charge in [0.25, 0.3) is 11.8 Å². The second-order valence-corrected chi connectivity index (χ2v) is 6.33. The van der Waals surface area contributed by atoms with E-state index in [1.165, 1.54) is 0 Å². The molecule has 5 nitrogen and oxygen atoms in total. The number of nitrogens with one attached hydrogen (secondary N) is 1. The average molecular weight is 362 g/mol.